The van der Waals surface area contributed by atoms with Gasteiger partial charge in [-0.05, 0) is 50.3 Å². The number of benzene rings is 1. The van der Waals surface area contributed by atoms with Crippen LogP contribution in [0, 0.1) is 18.3 Å². The van der Waals surface area contributed by atoms with Gasteiger partial charge in [0.25, 0.3) is 0 Å². The molecule has 142 valence electrons. The van der Waals surface area contributed by atoms with Crippen molar-refractivity contribution in [1.82, 2.24) is 10.2 Å². The molecule has 0 spiro atoms. The summed E-state index contributed by atoms with van der Waals surface area (Å²) in [7, 11) is 0. The first-order valence-corrected chi connectivity index (χ1v) is 9.37. The lowest BCUT2D eigenvalue weighted by Gasteiger charge is -2.26. The van der Waals surface area contributed by atoms with E-state index in [1.165, 1.54) is 0 Å². The molecule has 3 rings (SSSR count). The number of ether oxygens (including phenoxy) is 1. The topological polar surface area (TPSA) is 78.9 Å². The molecule has 6 heteroatoms. The van der Waals surface area contributed by atoms with Crippen molar-refractivity contribution in [2.75, 3.05) is 26.2 Å². The van der Waals surface area contributed by atoms with Crippen molar-refractivity contribution in [3.8, 4) is 5.75 Å². The van der Waals surface area contributed by atoms with Crippen LogP contribution >= 0.6 is 0 Å². The minimum atomic E-state index is -0.707. The molecule has 1 aromatic carbocycles. The zero-order valence-corrected chi connectivity index (χ0v) is 15.5. The number of carboxylic acid groups (broad SMARTS) is 1. The maximum atomic E-state index is 12.4. The summed E-state index contributed by atoms with van der Waals surface area (Å²) in [6.07, 6.45) is 2.64. The Hall–Kier alpha value is -2.08. The molecule has 6 nitrogen and oxygen atoms in total. The second-order valence-electron chi connectivity index (χ2n) is 7.61. The van der Waals surface area contributed by atoms with Gasteiger partial charge in [0.05, 0.1) is 18.0 Å². The fourth-order valence-corrected chi connectivity index (χ4v) is 4.33. The molecule has 0 aromatic heterocycles. The lowest BCUT2D eigenvalue weighted by atomic mass is 9.81. The van der Waals surface area contributed by atoms with Crippen LogP contribution in [-0.4, -0.2) is 54.2 Å². The van der Waals surface area contributed by atoms with Crippen molar-refractivity contribution in [3.63, 3.8) is 0 Å². The van der Waals surface area contributed by atoms with Crippen molar-refractivity contribution in [1.29, 1.82) is 0 Å². The normalized spacial score (nSPS) is 26.3. The van der Waals surface area contributed by atoms with E-state index >= 15 is 0 Å². The Bertz CT molecular complexity index is 678. The Labute approximate surface area is 154 Å². The second kappa shape index (κ2) is 7.66. The molecule has 0 bridgehead atoms. The lowest BCUT2D eigenvalue weighted by Crippen LogP contribution is -2.46. The summed E-state index contributed by atoms with van der Waals surface area (Å²) in [6.45, 7) is 5.86. The first kappa shape index (κ1) is 18.7. The maximum absolute atomic E-state index is 12.4. The molecule has 1 unspecified atom stereocenters. The van der Waals surface area contributed by atoms with Crippen molar-refractivity contribution < 1.29 is 19.4 Å². The number of fused-ring (bicyclic) bond motifs is 1. The summed E-state index contributed by atoms with van der Waals surface area (Å²) in [5.74, 6) is 0.183. The minimum Gasteiger partial charge on any atom is -0.492 e. The summed E-state index contributed by atoms with van der Waals surface area (Å²) >= 11 is 0. The van der Waals surface area contributed by atoms with Crippen LogP contribution < -0.4 is 10.1 Å². The van der Waals surface area contributed by atoms with Crippen LogP contribution in [0.2, 0.25) is 0 Å². The van der Waals surface area contributed by atoms with Crippen LogP contribution in [-0.2, 0) is 9.59 Å². The molecule has 1 amide bonds. The first-order valence-electron chi connectivity index (χ1n) is 9.37. The second-order valence-corrected chi connectivity index (χ2v) is 7.61. The van der Waals surface area contributed by atoms with Crippen LogP contribution in [0.15, 0.2) is 24.3 Å². The molecule has 2 aliphatic rings. The zero-order chi connectivity index (χ0) is 18.7. The Morgan fingerprint density at radius 3 is 2.96 bits per heavy atom. The fraction of sp³-hybridized carbons (Fsp3) is 0.600. The average Bonchev–Trinajstić information content (AvgIpc) is 3.16. The van der Waals surface area contributed by atoms with Crippen LogP contribution in [0.25, 0.3) is 0 Å². The molecule has 26 heavy (non-hydrogen) atoms. The number of nitrogens with one attached hydrogen (secondary N) is 1. The van der Waals surface area contributed by atoms with Gasteiger partial charge in [-0.25, -0.2) is 0 Å². The number of nitrogens with zero attached hydrogens (tertiary/aromatic N) is 1. The molecule has 0 radical (unpaired) electrons. The number of carboxylic acids is 1. The highest BCUT2D eigenvalue weighted by molar-refractivity contribution is 5.82. The van der Waals surface area contributed by atoms with E-state index in [0.717, 1.165) is 30.6 Å². The predicted molar refractivity (Wildman–Crippen MR) is 98.1 cm³/mol. The van der Waals surface area contributed by atoms with E-state index in [1.54, 1.807) is 0 Å². The molecule has 1 saturated heterocycles. The van der Waals surface area contributed by atoms with Crippen molar-refractivity contribution in [3.05, 3.63) is 29.8 Å². The van der Waals surface area contributed by atoms with E-state index in [4.69, 9.17) is 4.74 Å². The van der Waals surface area contributed by atoms with Crippen LogP contribution in [0.3, 0.4) is 0 Å². The Kier molecular flexibility index (Phi) is 5.51. The maximum Gasteiger partial charge on any atom is 0.311 e. The Morgan fingerprint density at radius 2 is 2.27 bits per heavy atom. The van der Waals surface area contributed by atoms with E-state index in [-0.39, 0.29) is 17.9 Å². The van der Waals surface area contributed by atoms with E-state index in [2.05, 4.69) is 5.32 Å². The molecule has 1 saturated carbocycles. The van der Waals surface area contributed by atoms with E-state index in [9.17, 15) is 14.7 Å². The number of aryl methyl sites for hydroxylation is 1. The van der Waals surface area contributed by atoms with Gasteiger partial charge in [0, 0.05) is 13.1 Å². The first-order chi connectivity index (χ1) is 12.4. The summed E-state index contributed by atoms with van der Waals surface area (Å²) in [5.41, 5.74) is 0.482. The molecule has 1 aromatic rings. The van der Waals surface area contributed by atoms with Crippen molar-refractivity contribution in [2.45, 2.75) is 39.2 Å². The van der Waals surface area contributed by atoms with Gasteiger partial charge >= 0.3 is 5.97 Å². The summed E-state index contributed by atoms with van der Waals surface area (Å²) in [5, 5.41) is 12.6. The monoisotopic (exact) mass is 360 g/mol. The third-order valence-corrected chi connectivity index (χ3v) is 5.91. The molecule has 2 fully saturated rings. The molecule has 1 aliphatic heterocycles. The Morgan fingerprint density at radius 1 is 1.46 bits per heavy atom. The van der Waals surface area contributed by atoms with Gasteiger partial charge in [-0.15, -0.1) is 0 Å². The largest absolute Gasteiger partial charge is 0.492 e. The molecule has 3 atom stereocenters. The molecule has 1 aliphatic carbocycles. The van der Waals surface area contributed by atoms with Crippen LogP contribution in [0.5, 0.6) is 5.75 Å². The molecular weight excluding hydrogens is 332 g/mol. The van der Waals surface area contributed by atoms with E-state index < -0.39 is 11.4 Å². The quantitative estimate of drug-likeness (QED) is 0.728. The van der Waals surface area contributed by atoms with Gasteiger partial charge in [0.15, 0.2) is 0 Å². The number of likely N-dealkylation sites (tertiary alicyclic amines) is 1. The van der Waals surface area contributed by atoms with Gasteiger partial charge in [0.1, 0.15) is 12.4 Å². The van der Waals surface area contributed by atoms with E-state index in [1.807, 2.05) is 43.0 Å². The molecule has 1 heterocycles. The van der Waals surface area contributed by atoms with E-state index in [0.29, 0.717) is 26.2 Å². The van der Waals surface area contributed by atoms with Crippen molar-refractivity contribution in [2.24, 2.45) is 11.3 Å². The van der Waals surface area contributed by atoms with Crippen LogP contribution in [0.1, 0.15) is 31.7 Å². The van der Waals surface area contributed by atoms with Gasteiger partial charge in [-0.2, -0.15) is 0 Å². The smallest absolute Gasteiger partial charge is 0.311 e. The standard InChI is InChI=1S/C20H28N2O4/c1-14-5-3-7-17(11-14)26-10-9-21-18(23)15(2)22-12-16-6-4-8-20(16,13-22)19(24)25/h3,5,7,11,15-16H,4,6,8-10,12-13H2,1-2H3,(H,21,23)(H,24,25)/t15?,16-,20+/m0/s1. The van der Waals surface area contributed by atoms with Gasteiger partial charge < -0.3 is 15.2 Å². The highest BCUT2D eigenvalue weighted by atomic mass is 16.5. The lowest BCUT2D eigenvalue weighted by molar-refractivity contribution is -0.149. The predicted octanol–water partition coefficient (Wildman–Crippen LogP) is 2.07. The highest BCUT2D eigenvalue weighted by Gasteiger charge is 2.55. The number of hydrogen-bond donors (Lipinski definition) is 2. The van der Waals surface area contributed by atoms with Crippen LogP contribution in [0.4, 0.5) is 0 Å². The average molecular weight is 360 g/mol. The zero-order valence-electron chi connectivity index (χ0n) is 15.5. The number of rotatable bonds is 7. The Balaban J connectivity index is 1.46. The van der Waals surface area contributed by atoms with Gasteiger partial charge in [0.2, 0.25) is 5.91 Å². The minimum absolute atomic E-state index is 0.0710. The summed E-state index contributed by atoms with van der Waals surface area (Å²) in [4.78, 5) is 26.2. The van der Waals surface area contributed by atoms with Gasteiger partial charge in [-0.1, -0.05) is 18.6 Å². The number of carbonyl (C=O) groups excluding carboxylic acids is 1. The SMILES string of the molecule is Cc1cccc(OCCNC(=O)C(C)N2C[C@@H]3CCC[C@@]3(C(=O)O)C2)c1. The highest BCUT2D eigenvalue weighted by Crippen LogP contribution is 2.49. The number of aliphatic carboxylic acids is 1. The molecule has 2 N–H and O–H groups in total. The summed E-state index contributed by atoms with van der Waals surface area (Å²) in [6, 6.07) is 7.47. The summed E-state index contributed by atoms with van der Waals surface area (Å²) < 4.78 is 5.64. The third kappa shape index (κ3) is 3.70. The fourth-order valence-electron chi connectivity index (χ4n) is 4.33. The molecular formula is C20H28N2O4. The number of amides is 1. The number of hydrogen-bond acceptors (Lipinski definition) is 4. The third-order valence-electron chi connectivity index (χ3n) is 5.91. The van der Waals surface area contributed by atoms with Gasteiger partial charge in [-0.3, -0.25) is 14.5 Å². The number of carbonyl (C=O) groups is 2. The van der Waals surface area contributed by atoms with Crippen molar-refractivity contribution >= 4 is 11.9 Å².